The van der Waals surface area contributed by atoms with E-state index in [4.69, 9.17) is 11.6 Å². The third-order valence-corrected chi connectivity index (χ3v) is 2.52. The summed E-state index contributed by atoms with van der Waals surface area (Å²) < 4.78 is 0. The van der Waals surface area contributed by atoms with E-state index in [9.17, 15) is 0 Å². The van der Waals surface area contributed by atoms with Crippen molar-refractivity contribution in [2.75, 3.05) is 6.26 Å². The fourth-order valence-electron chi connectivity index (χ4n) is 1.14. The molecule has 2 rings (SSSR count). The smallest absolute Gasteiger partial charge is 0.202 e. The summed E-state index contributed by atoms with van der Waals surface area (Å²) in [4.78, 5) is 12.3. The van der Waals surface area contributed by atoms with Gasteiger partial charge in [-0.05, 0) is 17.9 Å². The molecule has 2 aromatic rings. The average molecular weight is 238 g/mol. The Morgan fingerprint density at radius 1 is 1.07 bits per heavy atom. The lowest BCUT2D eigenvalue weighted by Crippen LogP contribution is -1.95. The van der Waals surface area contributed by atoms with Gasteiger partial charge < -0.3 is 0 Å². The number of hydrogen-bond acceptors (Lipinski definition) is 4. The summed E-state index contributed by atoms with van der Waals surface area (Å²) in [6.45, 7) is 0. The Balaban J connectivity index is 2.49. The third kappa shape index (κ3) is 2.46. The summed E-state index contributed by atoms with van der Waals surface area (Å²) in [6.07, 6.45) is 1.90. The second kappa shape index (κ2) is 4.59. The van der Waals surface area contributed by atoms with Crippen LogP contribution in [0.1, 0.15) is 0 Å². The molecule has 3 nitrogen and oxygen atoms in total. The average Bonchev–Trinajstić information content (AvgIpc) is 2.29. The van der Waals surface area contributed by atoms with Crippen LogP contribution in [0.2, 0.25) is 5.28 Å². The van der Waals surface area contributed by atoms with E-state index >= 15 is 0 Å². The van der Waals surface area contributed by atoms with E-state index in [-0.39, 0.29) is 5.28 Å². The summed E-state index contributed by atoms with van der Waals surface area (Å²) in [5.74, 6) is 0.611. The van der Waals surface area contributed by atoms with E-state index in [0.717, 1.165) is 5.56 Å². The maximum Gasteiger partial charge on any atom is 0.226 e. The van der Waals surface area contributed by atoms with Crippen molar-refractivity contribution in [3.63, 3.8) is 0 Å². The van der Waals surface area contributed by atoms with Crippen LogP contribution < -0.4 is 0 Å². The van der Waals surface area contributed by atoms with Gasteiger partial charge in [-0.1, -0.05) is 42.1 Å². The van der Waals surface area contributed by atoms with Crippen LogP contribution in [-0.2, 0) is 0 Å². The predicted molar refractivity (Wildman–Crippen MR) is 62.1 cm³/mol. The lowest BCUT2D eigenvalue weighted by atomic mass is 10.2. The van der Waals surface area contributed by atoms with Crippen molar-refractivity contribution in [3.8, 4) is 11.4 Å². The first-order chi connectivity index (χ1) is 7.29. The number of aromatic nitrogens is 3. The first-order valence-corrected chi connectivity index (χ1v) is 5.91. The summed E-state index contributed by atoms with van der Waals surface area (Å²) in [7, 11) is 0. The summed E-state index contributed by atoms with van der Waals surface area (Å²) in [5, 5.41) is 0.863. The van der Waals surface area contributed by atoms with Crippen LogP contribution in [-0.4, -0.2) is 21.2 Å². The van der Waals surface area contributed by atoms with Crippen LogP contribution >= 0.6 is 23.4 Å². The van der Waals surface area contributed by atoms with Gasteiger partial charge in [0.2, 0.25) is 5.28 Å². The van der Waals surface area contributed by atoms with Crippen molar-refractivity contribution < 1.29 is 0 Å². The van der Waals surface area contributed by atoms with Crippen molar-refractivity contribution in [3.05, 3.63) is 35.6 Å². The molecule has 0 bridgehead atoms. The van der Waals surface area contributed by atoms with Gasteiger partial charge in [0.25, 0.3) is 0 Å². The van der Waals surface area contributed by atoms with Gasteiger partial charge in [-0.2, -0.15) is 9.97 Å². The molecule has 0 spiro atoms. The quantitative estimate of drug-likeness (QED) is 0.753. The van der Waals surface area contributed by atoms with E-state index in [0.29, 0.717) is 11.0 Å². The van der Waals surface area contributed by atoms with Crippen molar-refractivity contribution in [2.45, 2.75) is 5.16 Å². The lowest BCUT2D eigenvalue weighted by Gasteiger charge is -2.01. The van der Waals surface area contributed by atoms with Crippen molar-refractivity contribution in [1.82, 2.24) is 15.0 Å². The minimum absolute atomic E-state index is 0.230. The molecule has 0 fully saturated rings. The van der Waals surface area contributed by atoms with Crippen LogP contribution in [0, 0.1) is 0 Å². The fraction of sp³-hybridized carbons (Fsp3) is 0.100. The maximum absolute atomic E-state index is 5.80. The van der Waals surface area contributed by atoms with Crippen LogP contribution in [0.4, 0.5) is 0 Å². The van der Waals surface area contributed by atoms with E-state index < -0.39 is 0 Å². The molecular formula is C10H8ClN3S. The Labute approximate surface area is 96.9 Å². The van der Waals surface area contributed by atoms with Gasteiger partial charge in [-0.25, -0.2) is 4.98 Å². The monoisotopic (exact) mass is 237 g/mol. The van der Waals surface area contributed by atoms with Gasteiger partial charge in [-0.3, -0.25) is 0 Å². The van der Waals surface area contributed by atoms with Gasteiger partial charge >= 0.3 is 0 Å². The van der Waals surface area contributed by atoms with Gasteiger partial charge in [0.1, 0.15) is 0 Å². The fourth-order valence-corrected chi connectivity index (χ4v) is 1.71. The highest BCUT2D eigenvalue weighted by Gasteiger charge is 2.05. The van der Waals surface area contributed by atoms with Crippen molar-refractivity contribution >= 4 is 23.4 Å². The molecule has 0 aliphatic carbocycles. The van der Waals surface area contributed by atoms with Crippen LogP contribution in [0.5, 0.6) is 0 Å². The number of hydrogen-bond donors (Lipinski definition) is 0. The molecule has 0 saturated carbocycles. The van der Waals surface area contributed by atoms with E-state index in [2.05, 4.69) is 15.0 Å². The Bertz CT molecular complexity index is 461. The first-order valence-electron chi connectivity index (χ1n) is 4.30. The van der Waals surface area contributed by atoms with Gasteiger partial charge in [-0.15, -0.1) is 0 Å². The summed E-state index contributed by atoms with van der Waals surface area (Å²) in [6, 6.07) is 9.70. The highest BCUT2D eigenvalue weighted by molar-refractivity contribution is 7.98. The van der Waals surface area contributed by atoms with Crippen molar-refractivity contribution in [1.29, 1.82) is 0 Å². The topological polar surface area (TPSA) is 38.7 Å². The number of benzene rings is 1. The van der Waals surface area contributed by atoms with Crippen molar-refractivity contribution in [2.24, 2.45) is 0 Å². The Kier molecular flexibility index (Phi) is 3.18. The number of rotatable bonds is 2. The third-order valence-electron chi connectivity index (χ3n) is 1.80. The highest BCUT2D eigenvalue weighted by atomic mass is 35.5. The zero-order chi connectivity index (χ0) is 10.7. The van der Waals surface area contributed by atoms with Crippen LogP contribution in [0.15, 0.2) is 35.5 Å². The minimum Gasteiger partial charge on any atom is -0.202 e. The SMILES string of the molecule is CSc1nc(Cl)nc(-c2ccccc2)n1. The molecule has 0 N–H and O–H groups in total. The summed E-state index contributed by atoms with van der Waals surface area (Å²) >= 11 is 7.25. The molecule has 76 valence electrons. The van der Waals surface area contributed by atoms with E-state index in [1.807, 2.05) is 36.6 Å². The van der Waals surface area contributed by atoms with Gasteiger partial charge in [0, 0.05) is 5.56 Å². The molecule has 0 radical (unpaired) electrons. The zero-order valence-electron chi connectivity index (χ0n) is 8.01. The minimum atomic E-state index is 0.230. The molecule has 15 heavy (non-hydrogen) atoms. The molecule has 0 aliphatic heterocycles. The molecule has 0 atom stereocenters. The standard InChI is InChI=1S/C10H8ClN3S/c1-15-10-13-8(12-9(11)14-10)7-5-3-2-4-6-7/h2-6H,1H3. The molecule has 1 aromatic heterocycles. The molecule has 0 aliphatic rings. The van der Waals surface area contributed by atoms with Gasteiger partial charge in [0.15, 0.2) is 11.0 Å². The number of thioether (sulfide) groups is 1. The molecule has 0 unspecified atom stereocenters. The number of nitrogens with zero attached hydrogens (tertiary/aromatic N) is 3. The normalized spacial score (nSPS) is 10.3. The van der Waals surface area contributed by atoms with E-state index in [1.165, 1.54) is 11.8 Å². The molecule has 0 saturated heterocycles. The molecule has 0 amide bonds. The highest BCUT2D eigenvalue weighted by Crippen LogP contribution is 2.18. The second-order valence-electron chi connectivity index (χ2n) is 2.78. The molecule has 5 heteroatoms. The molecule has 1 aromatic carbocycles. The Morgan fingerprint density at radius 3 is 2.47 bits per heavy atom. The maximum atomic E-state index is 5.80. The predicted octanol–water partition coefficient (Wildman–Crippen LogP) is 2.91. The Hall–Kier alpha value is -1.13. The first kappa shape index (κ1) is 10.4. The summed E-state index contributed by atoms with van der Waals surface area (Å²) in [5.41, 5.74) is 0.942. The lowest BCUT2D eigenvalue weighted by molar-refractivity contribution is 0.915. The molecule has 1 heterocycles. The number of halogens is 1. The van der Waals surface area contributed by atoms with E-state index in [1.54, 1.807) is 0 Å². The van der Waals surface area contributed by atoms with Gasteiger partial charge in [0.05, 0.1) is 0 Å². The second-order valence-corrected chi connectivity index (χ2v) is 3.89. The molecular weight excluding hydrogens is 230 g/mol. The Morgan fingerprint density at radius 2 is 1.80 bits per heavy atom. The zero-order valence-corrected chi connectivity index (χ0v) is 9.59. The largest absolute Gasteiger partial charge is 0.226 e. The van der Waals surface area contributed by atoms with Crippen LogP contribution in [0.25, 0.3) is 11.4 Å². The van der Waals surface area contributed by atoms with Crippen LogP contribution in [0.3, 0.4) is 0 Å².